The van der Waals surface area contributed by atoms with E-state index in [1.807, 2.05) is 11.8 Å². The van der Waals surface area contributed by atoms with Gasteiger partial charge in [-0.3, -0.25) is 14.6 Å². The Balaban J connectivity index is 1.38. The second kappa shape index (κ2) is 13.9. The van der Waals surface area contributed by atoms with Crippen molar-refractivity contribution < 1.29 is 31.5 Å². The molecule has 3 aromatic rings. The molecule has 2 aromatic heterocycles. The molecular formula is C30H36F5N7O2S. The third-order valence-corrected chi connectivity index (χ3v) is 9.16. The van der Waals surface area contributed by atoms with Gasteiger partial charge >= 0.3 is 12.1 Å². The Morgan fingerprint density at radius 3 is 2.58 bits per heavy atom. The predicted molar refractivity (Wildman–Crippen MR) is 161 cm³/mol. The number of rotatable bonds is 10. The average molecular weight is 654 g/mol. The summed E-state index contributed by atoms with van der Waals surface area (Å²) in [6.45, 7) is 9.45. The van der Waals surface area contributed by atoms with Gasteiger partial charge in [0, 0.05) is 55.2 Å². The molecule has 2 saturated heterocycles. The molecule has 2 fully saturated rings. The minimum atomic E-state index is -4.73. The van der Waals surface area contributed by atoms with E-state index in [1.165, 1.54) is 17.7 Å². The lowest BCUT2D eigenvalue weighted by atomic mass is 10.1. The number of ether oxygens (including phenoxy) is 1. The number of halogens is 5. The molecule has 0 saturated carbocycles. The number of benzene rings is 1. The number of carbonyl (C=O) groups excluding carboxylic acids is 1. The van der Waals surface area contributed by atoms with Crippen LogP contribution in [0.15, 0.2) is 24.5 Å². The van der Waals surface area contributed by atoms with Crippen molar-refractivity contribution in [2.45, 2.75) is 64.8 Å². The maximum atomic E-state index is 15.8. The Bertz CT molecular complexity index is 1500. The minimum absolute atomic E-state index is 0.00728. The molecule has 0 unspecified atom stereocenters. The van der Waals surface area contributed by atoms with Gasteiger partial charge < -0.3 is 15.0 Å². The van der Waals surface area contributed by atoms with Gasteiger partial charge in [0.25, 0.3) is 0 Å². The quantitative estimate of drug-likeness (QED) is 0.207. The molecule has 0 aliphatic carbocycles. The zero-order valence-electron chi connectivity index (χ0n) is 25.3. The Morgan fingerprint density at radius 2 is 1.89 bits per heavy atom. The molecular weight excluding hydrogens is 617 g/mol. The number of nitrogens with zero attached hydrogens (tertiary/aromatic N) is 6. The fourth-order valence-corrected chi connectivity index (χ4v) is 6.81. The van der Waals surface area contributed by atoms with E-state index in [0.717, 1.165) is 31.5 Å². The molecule has 5 rings (SSSR count). The predicted octanol–water partition coefficient (Wildman–Crippen LogP) is 6.09. The van der Waals surface area contributed by atoms with Crippen LogP contribution in [-0.4, -0.2) is 82.1 Å². The first-order valence-electron chi connectivity index (χ1n) is 15.0. The van der Waals surface area contributed by atoms with Crippen molar-refractivity contribution in [2.75, 3.05) is 49.5 Å². The van der Waals surface area contributed by atoms with E-state index in [2.05, 4.69) is 37.0 Å². The van der Waals surface area contributed by atoms with Gasteiger partial charge in [0.05, 0.1) is 24.3 Å². The standard InChI is InChI=1S/C30H36F5N7O2S/c1-4-44-24(43)7-9-40-10-11-42(15-19(40)3)28-25(32)27(36-17-37-28)39-29-38-26(23(45-29)16-41-8-5-6-18(41)2)20-12-21(30(33,34)35)14-22(31)13-20/h12-14,17-19H,4-11,15-16H2,1-3H3,(H,36,37,38,39)/t18-,19+/m1/s1. The number of hydrogen-bond donors (Lipinski definition) is 1. The molecule has 244 valence electrons. The summed E-state index contributed by atoms with van der Waals surface area (Å²) < 4.78 is 75.8. The molecule has 1 aromatic carbocycles. The van der Waals surface area contributed by atoms with E-state index in [9.17, 15) is 22.4 Å². The van der Waals surface area contributed by atoms with Gasteiger partial charge in [-0.25, -0.2) is 19.3 Å². The van der Waals surface area contributed by atoms with E-state index < -0.39 is 23.4 Å². The van der Waals surface area contributed by atoms with Crippen molar-refractivity contribution in [2.24, 2.45) is 0 Å². The lowest BCUT2D eigenvalue weighted by molar-refractivity contribution is -0.143. The summed E-state index contributed by atoms with van der Waals surface area (Å²) in [5, 5.41) is 3.11. The molecule has 0 spiro atoms. The second-order valence-corrected chi connectivity index (χ2v) is 12.4. The Morgan fingerprint density at radius 1 is 1.09 bits per heavy atom. The van der Waals surface area contributed by atoms with Crippen LogP contribution in [0, 0.1) is 11.6 Å². The number of hydrogen-bond acceptors (Lipinski definition) is 10. The van der Waals surface area contributed by atoms with Crippen LogP contribution in [0.3, 0.4) is 0 Å². The summed E-state index contributed by atoms with van der Waals surface area (Å²) in [5.41, 5.74) is -0.914. The van der Waals surface area contributed by atoms with Gasteiger partial charge in [0.2, 0.25) is 5.82 Å². The smallest absolute Gasteiger partial charge is 0.416 e. The molecule has 2 aliphatic heterocycles. The van der Waals surface area contributed by atoms with Crippen molar-refractivity contribution >= 4 is 34.1 Å². The number of nitrogens with one attached hydrogen (secondary N) is 1. The first kappa shape index (κ1) is 32.9. The summed E-state index contributed by atoms with van der Waals surface area (Å²) in [6.07, 6.45) is -1.24. The van der Waals surface area contributed by atoms with Gasteiger partial charge in [0.15, 0.2) is 16.8 Å². The summed E-state index contributed by atoms with van der Waals surface area (Å²) in [5.74, 6) is -2.00. The number of anilines is 3. The van der Waals surface area contributed by atoms with Crippen LogP contribution < -0.4 is 10.2 Å². The van der Waals surface area contributed by atoms with E-state index in [1.54, 1.807) is 6.92 Å². The fourth-order valence-electron chi connectivity index (χ4n) is 5.80. The molecule has 0 radical (unpaired) electrons. The number of esters is 1. The maximum Gasteiger partial charge on any atom is 0.416 e. The molecule has 9 nitrogen and oxygen atoms in total. The van der Waals surface area contributed by atoms with Crippen molar-refractivity contribution in [3.8, 4) is 11.3 Å². The normalized spacial score (nSPS) is 19.7. The largest absolute Gasteiger partial charge is 0.466 e. The van der Waals surface area contributed by atoms with Gasteiger partial charge in [-0.1, -0.05) is 11.3 Å². The van der Waals surface area contributed by atoms with Crippen LogP contribution in [0.1, 0.15) is 50.5 Å². The lowest BCUT2D eigenvalue weighted by Crippen LogP contribution is -2.52. The third-order valence-electron chi connectivity index (χ3n) is 8.20. The molecule has 45 heavy (non-hydrogen) atoms. The van der Waals surface area contributed by atoms with Crippen LogP contribution >= 0.6 is 11.3 Å². The highest BCUT2D eigenvalue weighted by Crippen LogP contribution is 2.39. The van der Waals surface area contributed by atoms with Crippen LogP contribution in [0.2, 0.25) is 0 Å². The maximum absolute atomic E-state index is 15.8. The molecule has 2 atom stereocenters. The molecule has 4 heterocycles. The van der Waals surface area contributed by atoms with E-state index in [0.29, 0.717) is 50.3 Å². The second-order valence-electron chi connectivity index (χ2n) is 11.3. The first-order chi connectivity index (χ1) is 21.4. The first-order valence-corrected chi connectivity index (χ1v) is 15.8. The van der Waals surface area contributed by atoms with Crippen LogP contribution in [0.25, 0.3) is 11.3 Å². The highest BCUT2D eigenvalue weighted by molar-refractivity contribution is 7.16. The summed E-state index contributed by atoms with van der Waals surface area (Å²) in [4.78, 5) is 31.4. The molecule has 0 amide bonds. The van der Waals surface area contributed by atoms with Crippen molar-refractivity contribution in [1.82, 2.24) is 24.8 Å². The zero-order valence-corrected chi connectivity index (χ0v) is 26.1. The number of carbonyl (C=O) groups is 1. The number of likely N-dealkylation sites (tertiary alicyclic amines) is 1. The number of aromatic nitrogens is 3. The van der Waals surface area contributed by atoms with Crippen LogP contribution in [0.5, 0.6) is 0 Å². The Kier molecular flexibility index (Phi) is 10.2. The van der Waals surface area contributed by atoms with Gasteiger partial charge in [-0.15, -0.1) is 0 Å². The number of piperazine rings is 1. The highest BCUT2D eigenvalue weighted by Gasteiger charge is 2.33. The van der Waals surface area contributed by atoms with Crippen molar-refractivity contribution in [1.29, 1.82) is 0 Å². The van der Waals surface area contributed by atoms with E-state index >= 15 is 4.39 Å². The zero-order chi connectivity index (χ0) is 32.3. The summed E-state index contributed by atoms with van der Waals surface area (Å²) >= 11 is 1.17. The van der Waals surface area contributed by atoms with Crippen molar-refractivity contribution in [3.05, 3.63) is 46.6 Å². The van der Waals surface area contributed by atoms with E-state index in [4.69, 9.17) is 4.74 Å². The minimum Gasteiger partial charge on any atom is -0.466 e. The average Bonchev–Trinajstić information content (AvgIpc) is 3.58. The van der Waals surface area contributed by atoms with Gasteiger partial charge in [-0.2, -0.15) is 17.6 Å². The monoisotopic (exact) mass is 653 g/mol. The topological polar surface area (TPSA) is 86.7 Å². The lowest BCUT2D eigenvalue weighted by Gasteiger charge is -2.40. The van der Waals surface area contributed by atoms with Crippen LogP contribution in [-0.2, 0) is 22.3 Å². The SMILES string of the molecule is CCOC(=O)CCN1CCN(c2ncnc(Nc3nc(-c4cc(F)cc(C(F)(F)F)c4)c(CN4CCC[C@H]4C)s3)c2F)C[C@@H]1C. The highest BCUT2D eigenvalue weighted by atomic mass is 32.1. The molecule has 15 heteroatoms. The molecule has 2 aliphatic rings. The number of alkyl halides is 3. The summed E-state index contributed by atoms with van der Waals surface area (Å²) in [6, 6.07) is 2.65. The van der Waals surface area contributed by atoms with Gasteiger partial charge in [0.1, 0.15) is 12.1 Å². The van der Waals surface area contributed by atoms with Crippen LogP contribution in [0.4, 0.5) is 38.7 Å². The third kappa shape index (κ3) is 7.87. The fraction of sp³-hybridized carbons (Fsp3) is 0.533. The van der Waals surface area contributed by atoms with E-state index in [-0.39, 0.29) is 52.5 Å². The van der Waals surface area contributed by atoms with Gasteiger partial charge in [-0.05, 0) is 58.4 Å². The van der Waals surface area contributed by atoms with Crippen molar-refractivity contribution in [3.63, 3.8) is 0 Å². The Hall–Kier alpha value is -3.43. The summed E-state index contributed by atoms with van der Waals surface area (Å²) in [7, 11) is 0. The molecule has 1 N–H and O–H groups in total. The molecule has 0 bridgehead atoms. The number of thiazole rings is 1. The Labute approximate surface area is 262 Å².